The molecule has 0 aliphatic rings. The number of H-pyrrole nitrogens is 1. The molecule has 0 saturated heterocycles. The number of fused-ring (bicyclic) bond motifs is 1. The summed E-state index contributed by atoms with van der Waals surface area (Å²) in [6.07, 6.45) is 1.82. The Hall–Kier alpha value is -1.44. The SMILES string of the molecule is Cc1ccc2cc[nH]c2c1O. The van der Waals surface area contributed by atoms with Crippen LogP contribution in [0, 0.1) is 6.92 Å². The number of benzene rings is 1. The molecule has 0 bridgehead atoms. The second-order valence-corrected chi connectivity index (χ2v) is 2.67. The molecule has 1 aromatic carbocycles. The minimum atomic E-state index is 0.354. The van der Waals surface area contributed by atoms with Gasteiger partial charge in [0.2, 0.25) is 0 Å². The summed E-state index contributed by atoms with van der Waals surface area (Å²) in [7, 11) is 0. The fraction of sp³-hybridized carbons (Fsp3) is 0.111. The summed E-state index contributed by atoms with van der Waals surface area (Å²) in [6.45, 7) is 1.88. The van der Waals surface area contributed by atoms with E-state index in [-0.39, 0.29) is 0 Å². The number of aromatic hydroxyl groups is 1. The quantitative estimate of drug-likeness (QED) is 0.588. The van der Waals surface area contributed by atoms with Gasteiger partial charge in [0.25, 0.3) is 0 Å². The Labute approximate surface area is 64.5 Å². The Morgan fingerprint density at radius 1 is 1.27 bits per heavy atom. The van der Waals surface area contributed by atoms with Crippen molar-refractivity contribution < 1.29 is 5.11 Å². The monoisotopic (exact) mass is 147 g/mol. The van der Waals surface area contributed by atoms with Crippen LogP contribution in [0.15, 0.2) is 24.4 Å². The predicted octanol–water partition coefficient (Wildman–Crippen LogP) is 2.18. The van der Waals surface area contributed by atoms with Gasteiger partial charge in [-0.2, -0.15) is 0 Å². The standard InChI is InChI=1S/C9H9NO/c1-6-2-3-7-4-5-10-8(7)9(6)11/h2-5,10-11H,1H3. The van der Waals surface area contributed by atoms with Crippen LogP contribution in [-0.4, -0.2) is 10.1 Å². The van der Waals surface area contributed by atoms with Crippen molar-refractivity contribution in [3.63, 3.8) is 0 Å². The largest absolute Gasteiger partial charge is 0.505 e. The first-order chi connectivity index (χ1) is 5.29. The molecular formula is C9H9NO. The number of rotatable bonds is 0. The number of phenols is 1. The summed E-state index contributed by atoms with van der Waals surface area (Å²) in [6, 6.07) is 5.83. The molecule has 56 valence electrons. The minimum Gasteiger partial charge on any atom is -0.505 e. The maximum absolute atomic E-state index is 9.52. The van der Waals surface area contributed by atoms with E-state index in [9.17, 15) is 5.11 Å². The zero-order chi connectivity index (χ0) is 7.84. The summed E-state index contributed by atoms with van der Waals surface area (Å²) in [5.74, 6) is 0.354. The first-order valence-electron chi connectivity index (χ1n) is 3.54. The molecule has 0 aliphatic heterocycles. The van der Waals surface area contributed by atoms with Crippen LogP contribution in [0.25, 0.3) is 10.9 Å². The van der Waals surface area contributed by atoms with Crippen LogP contribution in [0.1, 0.15) is 5.56 Å². The molecule has 2 aromatic rings. The Bertz CT molecular complexity index is 389. The summed E-state index contributed by atoms with van der Waals surface area (Å²) in [5.41, 5.74) is 1.73. The van der Waals surface area contributed by atoms with Crippen molar-refractivity contribution in [2.24, 2.45) is 0 Å². The highest BCUT2D eigenvalue weighted by Gasteiger charge is 2.01. The molecule has 0 amide bonds. The smallest absolute Gasteiger partial charge is 0.142 e. The number of hydrogen-bond donors (Lipinski definition) is 2. The second-order valence-electron chi connectivity index (χ2n) is 2.67. The molecule has 0 radical (unpaired) electrons. The molecular weight excluding hydrogens is 138 g/mol. The van der Waals surface area contributed by atoms with Crippen molar-refractivity contribution in [3.05, 3.63) is 30.0 Å². The average Bonchev–Trinajstić information content (AvgIpc) is 2.45. The number of phenolic OH excluding ortho intramolecular Hbond substituents is 1. The van der Waals surface area contributed by atoms with E-state index in [1.807, 2.05) is 31.3 Å². The number of aromatic nitrogens is 1. The molecule has 0 aliphatic carbocycles. The fourth-order valence-electron chi connectivity index (χ4n) is 1.22. The number of nitrogens with one attached hydrogen (secondary N) is 1. The zero-order valence-corrected chi connectivity index (χ0v) is 6.26. The third-order valence-corrected chi connectivity index (χ3v) is 1.90. The second kappa shape index (κ2) is 2.02. The lowest BCUT2D eigenvalue weighted by atomic mass is 10.1. The van der Waals surface area contributed by atoms with Crippen LogP contribution in [0.2, 0.25) is 0 Å². The van der Waals surface area contributed by atoms with Gasteiger partial charge >= 0.3 is 0 Å². The highest BCUT2D eigenvalue weighted by atomic mass is 16.3. The van der Waals surface area contributed by atoms with Crippen molar-refractivity contribution in [1.29, 1.82) is 0 Å². The van der Waals surface area contributed by atoms with E-state index in [4.69, 9.17) is 0 Å². The van der Waals surface area contributed by atoms with Crippen LogP contribution < -0.4 is 0 Å². The lowest BCUT2D eigenvalue weighted by Gasteiger charge is -1.98. The molecule has 2 nitrogen and oxygen atoms in total. The third kappa shape index (κ3) is 0.792. The normalized spacial score (nSPS) is 10.6. The zero-order valence-electron chi connectivity index (χ0n) is 6.26. The maximum atomic E-state index is 9.52. The van der Waals surface area contributed by atoms with E-state index < -0.39 is 0 Å². The van der Waals surface area contributed by atoms with Crippen molar-refractivity contribution in [3.8, 4) is 5.75 Å². The van der Waals surface area contributed by atoms with Crippen LogP contribution in [-0.2, 0) is 0 Å². The predicted molar refractivity (Wildman–Crippen MR) is 44.7 cm³/mol. The summed E-state index contributed by atoms with van der Waals surface area (Å²) >= 11 is 0. The summed E-state index contributed by atoms with van der Waals surface area (Å²) in [5, 5.41) is 10.6. The average molecular weight is 147 g/mol. The molecule has 0 unspecified atom stereocenters. The van der Waals surface area contributed by atoms with Crippen LogP contribution >= 0.6 is 0 Å². The minimum absolute atomic E-state index is 0.354. The van der Waals surface area contributed by atoms with Gasteiger partial charge in [-0.25, -0.2) is 0 Å². The molecule has 1 aromatic heterocycles. The third-order valence-electron chi connectivity index (χ3n) is 1.90. The van der Waals surface area contributed by atoms with E-state index >= 15 is 0 Å². The van der Waals surface area contributed by atoms with Gasteiger partial charge in [-0.05, 0) is 18.6 Å². The molecule has 2 heteroatoms. The number of aromatic amines is 1. The summed E-state index contributed by atoms with van der Waals surface area (Å²) < 4.78 is 0. The van der Waals surface area contributed by atoms with Gasteiger partial charge < -0.3 is 10.1 Å². The van der Waals surface area contributed by atoms with Crippen molar-refractivity contribution in [2.75, 3.05) is 0 Å². The summed E-state index contributed by atoms with van der Waals surface area (Å²) in [4.78, 5) is 2.98. The molecule has 0 atom stereocenters. The fourth-order valence-corrected chi connectivity index (χ4v) is 1.22. The van der Waals surface area contributed by atoms with Gasteiger partial charge in [-0.1, -0.05) is 12.1 Å². The molecule has 2 N–H and O–H groups in total. The van der Waals surface area contributed by atoms with E-state index in [1.165, 1.54) is 0 Å². The van der Waals surface area contributed by atoms with Gasteiger partial charge in [0.05, 0.1) is 5.52 Å². The molecule has 1 heterocycles. The van der Waals surface area contributed by atoms with E-state index in [0.29, 0.717) is 5.75 Å². The lowest BCUT2D eigenvalue weighted by molar-refractivity contribution is 0.476. The van der Waals surface area contributed by atoms with Gasteiger partial charge in [-0.15, -0.1) is 0 Å². The van der Waals surface area contributed by atoms with Gasteiger partial charge in [-0.3, -0.25) is 0 Å². The van der Waals surface area contributed by atoms with Crippen molar-refractivity contribution in [2.45, 2.75) is 6.92 Å². The Morgan fingerprint density at radius 3 is 2.91 bits per heavy atom. The van der Waals surface area contributed by atoms with Gasteiger partial charge in [0.15, 0.2) is 0 Å². The number of aryl methyl sites for hydroxylation is 1. The van der Waals surface area contributed by atoms with E-state index in [0.717, 1.165) is 16.5 Å². The highest BCUT2D eigenvalue weighted by molar-refractivity contribution is 5.86. The molecule has 11 heavy (non-hydrogen) atoms. The first-order valence-corrected chi connectivity index (χ1v) is 3.54. The van der Waals surface area contributed by atoms with Gasteiger partial charge in [0.1, 0.15) is 5.75 Å². The maximum Gasteiger partial charge on any atom is 0.142 e. The Morgan fingerprint density at radius 2 is 2.09 bits per heavy atom. The number of hydrogen-bond acceptors (Lipinski definition) is 1. The molecule has 0 saturated carbocycles. The Kier molecular flexibility index (Phi) is 1.15. The van der Waals surface area contributed by atoms with E-state index in [2.05, 4.69) is 4.98 Å². The van der Waals surface area contributed by atoms with Crippen LogP contribution in [0.3, 0.4) is 0 Å². The first kappa shape index (κ1) is 6.28. The van der Waals surface area contributed by atoms with Crippen molar-refractivity contribution >= 4 is 10.9 Å². The lowest BCUT2D eigenvalue weighted by Crippen LogP contribution is -1.75. The van der Waals surface area contributed by atoms with Crippen LogP contribution in [0.4, 0.5) is 0 Å². The van der Waals surface area contributed by atoms with E-state index in [1.54, 1.807) is 0 Å². The molecule has 0 fully saturated rings. The molecule has 2 rings (SSSR count). The molecule has 0 spiro atoms. The highest BCUT2D eigenvalue weighted by Crippen LogP contribution is 2.26. The Balaban J connectivity index is 2.93. The van der Waals surface area contributed by atoms with Crippen LogP contribution in [0.5, 0.6) is 5.75 Å². The van der Waals surface area contributed by atoms with Crippen molar-refractivity contribution in [1.82, 2.24) is 4.98 Å². The topological polar surface area (TPSA) is 36.0 Å². The van der Waals surface area contributed by atoms with Gasteiger partial charge in [0, 0.05) is 11.6 Å².